The average molecular weight is 277 g/mol. The molecule has 4 nitrogen and oxygen atoms in total. The molecule has 1 atom stereocenters. The minimum Gasteiger partial charge on any atom is -0.342 e. The van der Waals surface area contributed by atoms with E-state index in [-0.39, 0.29) is 11.9 Å². The Bertz CT molecular complexity index is 429. The molecule has 0 spiro atoms. The molecule has 0 radical (unpaired) electrons. The zero-order valence-electron chi connectivity index (χ0n) is 13.1. The van der Waals surface area contributed by atoms with Crippen LogP contribution in [0.1, 0.15) is 31.9 Å². The summed E-state index contributed by atoms with van der Waals surface area (Å²) in [6.45, 7) is 8.81. The molecule has 20 heavy (non-hydrogen) atoms. The molecule has 0 saturated carbocycles. The van der Waals surface area contributed by atoms with Gasteiger partial charge < -0.3 is 10.6 Å². The Morgan fingerprint density at radius 2 is 1.85 bits per heavy atom. The molecule has 1 aromatic rings. The normalized spacial score (nSPS) is 12.5. The van der Waals surface area contributed by atoms with Crippen molar-refractivity contribution in [3.63, 3.8) is 0 Å². The van der Waals surface area contributed by atoms with E-state index in [1.807, 2.05) is 44.9 Å². The largest absolute Gasteiger partial charge is 0.342 e. The Morgan fingerprint density at radius 1 is 1.25 bits per heavy atom. The van der Waals surface area contributed by atoms with Gasteiger partial charge in [0.15, 0.2) is 0 Å². The number of nitrogens with zero attached hydrogens (tertiary/aromatic N) is 2. The van der Waals surface area contributed by atoms with E-state index in [0.717, 1.165) is 25.2 Å². The average Bonchev–Trinajstić information content (AvgIpc) is 2.47. The molecule has 0 aliphatic heterocycles. The van der Waals surface area contributed by atoms with Crippen molar-refractivity contribution in [2.75, 3.05) is 20.1 Å². The summed E-state index contributed by atoms with van der Waals surface area (Å²) >= 11 is 0. The Balaban J connectivity index is 2.69. The first-order chi connectivity index (χ1) is 9.53. The molecule has 1 rings (SSSR count). The summed E-state index contributed by atoms with van der Waals surface area (Å²) in [5.74, 6) is 0.187. The third-order valence-electron chi connectivity index (χ3n) is 3.75. The minimum absolute atomic E-state index is 0.114. The molecule has 0 saturated heterocycles. The maximum atomic E-state index is 12.3. The van der Waals surface area contributed by atoms with Gasteiger partial charge in [0.05, 0.1) is 6.04 Å². The minimum atomic E-state index is -0.114. The van der Waals surface area contributed by atoms with Gasteiger partial charge in [0.1, 0.15) is 0 Å². The number of amides is 1. The van der Waals surface area contributed by atoms with Gasteiger partial charge in [-0.05, 0) is 38.9 Å². The van der Waals surface area contributed by atoms with Crippen LogP contribution in [0.4, 0.5) is 0 Å². The summed E-state index contributed by atoms with van der Waals surface area (Å²) in [4.78, 5) is 16.3. The van der Waals surface area contributed by atoms with Gasteiger partial charge in [0.25, 0.3) is 0 Å². The molecule has 1 amide bonds. The fourth-order valence-electron chi connectivity index (χ4n) is 2.27. The maximum absolute atomic E-state index is 12.3. The van der Waals surface area contributed by atoms with Gasteiger partial charge in [-0.2, -0.15) is 0 Å². The Hall–Kier alpha value is -1.39. The molecule has 2 N–H and O–H groups in total. The molecule has 0 aliphatic carbocycles. The lowest BCUT2D eigenvalue weighted by atomic mass is 10.1. The van der Waals surface area contributed by atoms with E-state index in [9.17, 15) is 4.79 Å². The molecule has 0 heterocycles. The summed E-state index contributed by atoms with van der Waals surface area (Å²) in [7, 11) is 1.99. The molecule has 0 fully saturated rings. The number of hydrogen-bond donors (Lipinski definition) is 1. The van der Waals surface area contributed by atoms with Gasteiger partial charge in [-0.15, -0.1) is 0 Å². The first-order valence-corrected chi connectivity index (χ1v) is 7.30. The zero-order chi connectivity index (χ0) is 15.1. The highest BCUT2D eigenvalue weighted by molar-refractivity contribution is 5.81. The molecule has 0 aliphatic rings. The highest BCUT2D eigenvalue weighted by Crippen LogP contribution is 2.10. The predicted molar refractivity (Wildman–Crippen MR) is 83.2 cm³/mol. The fourth-order valence-corrected chi connectivity index (χ4v) is 2.27. The SMILES string of the molecule is CCN(CC)C(=O)C(C)N(C)Cc1cccc(CN)c1. The van der Waals surface area contributed by atoms with Crippen molar-refractivity contribution in [3.05, 3.63) is 35.4 Å². The van der Waals surface area contributed by atoms with Gasteiger partial charge >= 0.3 is 0 Å². The summed E-state index contributed by atoms with van der Waals surface area (Å²) < 4.78 is 0. The molecule has 4 heteroatoms. The van der Waals surface area contributed by atoms with E-state index < -0.39 is 0 Å². The molecular formula is C16H27N3O. The second-order valence-corrected chi connectivity index (χ2v) is 5.13. The molecular weight excluding hydrogens is 250 g/mol. The van der Waals surface area contributed by atoms with E-state index in [1.54, 1.807) is 0 Å². The lowest BCUT2D eigenvalue weighted by Gasteiger charge is -2.29. The number of likely N-dealkylation sites (N-methyl/N-ethyl adjacent to an activating group) is 2. The van der Waals surface area contributed by atoms with Crippen molar-refractivity contribution in [3.8, 4) is 0 Å². The van der Waals surface area contributed by atoms with Crippen molar-refractivity contribution in [1.29, 1.82) is 0 Å². The Kier molecular flexibility index (Phi) is 6.68. The van der Waals surface area contributed by atoms with Crippen molar-refractivity contribution in [2.24, 2.45) is 5.73 Å². The van der Waals surface area contributed by atoms with Crippen molar-refractivity contribution < 1.29 is 4.79 Å². The van der Waals surface area contributed by atoms with Crippen LogP contribution in [0.2, 0.25) is 0 Å². The lowest BCUT2D eigenvalue weighted by Crippen LogP contribution is -2.45. The highest BCUT2D eigenvalue weighted by atomic mass is 16.2. The predicted octanol–water partition coefficient (Wildman–Crippen LogP) is 1.83. The van der Waals surface area contributed by atoms with Crippen LogP contribution in [-0.4, -0.2) is 41.9 Å². The first-order valence-electron chi connectivity index (χ1n) is 7.30. The van der Waals surface area contributed by atoms with Crippen LogP contribution in [0.3, 0.4) is 0 Å². The second-order valence-electron chi connectivity index (χ2n) is 5.13. The highest BCUT2D eigenvalue weighted by Gasteiger charge is 2.21. The lowest BCUT2D eigenvalue weighted by molar-refractivity contribution is -0.135. The van der Waals surface area contributed by atoms with E-state index in [2.05, 4.69) is 17.0 Å². The molecule has 1 unspecified atom stereocenters. The van der Waals surface area contributed by atoms with Gasteiger partial charge in [0, 0.05) is 26.2 Å². The third-order valence-corrected chi connectivity index (χ3v) is 3.75. The number of carbonyl (C=O) groups excluding carboxylic acids is 1. The number of nitrogens with two attached hydrogens (primary N) is 1. The fraction of sp³-hybridized carbons (Fsp3) is 0.562. The summed E-state index contributed by atoms with van der Waals surface area (Å²) in [5, 5.41) is 0. The summed E-state index contributed by atoms with van der Waals surface area (Å²) in [6, 6.07) is 8.10. The van der Waals surface area contributed by atoms with E-state index in [0.29, 0.717) is 6.54 Å². The second kappa shape index (κ2) is 8.02. The summed E-state index contributed by atoms with van der Waals surface area (Å²) in [6.07, 6.45) is 0. The first kappa shape index (κ1) is 16.7. The van der Waals surface area contributed by atoms with E-state index in [4.69, 9.17) is 5.73 Å². The van der Waals surface area contributed by atoms with Crippen LogP contribution in [0.5, 0.6) is 0 Å². The quantitative estimate of drug-likeness (QED) is 0.827. The zero-order valence-corrected chi connectivity index (χ0v) is 13.1. The van der Waals surface area contributed by atoms with Gasteiger partial charge in [0.2, 0.25) is 5.91 Å². The third kappa shape index (κ3) is 4.32. The van der Waals surface area contributed by atoms with Crippen molar-refractivity contribution >= 4 is 5.91 Å². The van der Waals surface area contributed by atoms with Gasteiger partial charge in [-0.25, -0.2) is 0 Å². The van der Waals surface area contributed by atoms with E-state index >= 15 is 0 Å². The Morgan fingerprint density at radius 3 is 2.40 bits per heavy atom. The van der Waals surface area contributed by atoms with Crippen LogP contribution >= 0.6 is 0 Å². The maximum Gasteiger partial charge on any atom is 0.239 e. The molecule has 0 bridgehead atoms. The topological polar surface area (TPSA) is 49.6 Å². The van der Waals surface area contributed by atoms with Crippen molar-refractivity contribution in [2.45, 2.75) is 39.9 Å². The monoisotopic (exact) mass is 277 g/mol. The number of rotatable bonds is 7. The molecule has 112 valence electrons. The van der Waals surface area contributed by atoms with Crippen LogP contribution < -0.4 is 5.73 Å². The van der Waals surface area contributed by atoms with Crippen molar-refractivity contribution in [1.82, 2.24) is 9.80 Å². The van der Waals surface area contributed by atoms with E-state index in [1.165, 1.54) is 5.56 Å². The summed E-state index contributed by atoms with van der Waals surface area (Å²) in [5.41, 5.74) is 7.97. The van der Waals surface area contributed by atoms with Gasteiger partial charge in [-0.1, -0.05) is 24.3 Å². The Labute approximate surface area is 122 Å². The number of hydrogen-bond acceptors (Lipinski definition) is 3. The smallest absolute Gasteiger partial charge is 0.239 e. The molecule has 0 aromatic heterocycles. The number of carbonyl (C=O) groups is 1. The van der Waals surface area contributed by atoms with Crippen LogP contribution in [0.15, 0.2) is 24.3 Å². The van der Waals surface area contributed by atoms with Crippen LogP contribution in [0.25, 0.3) is 0 Å². The van der Waals surface area contributed by atoms with Crippen LogP contribution in [-0.2, 0) is 17.9 Å². The van der Waals surface area contributed by atoms with Gasteiger partial charge in [-0.3, -0.25) is 9.69 Å². The number of benzene rings is 1. The standard InChI is InChI=1S/C16H27N3O/c1-5-19(6-2)16(20)13(3)18(4)12-15-9-7-8-14(10-15)11-17/h7-10,13H,5-6,11-12,17H2,1-4H3. The van der Waals surface area contributed by atoms with Crippen LogP contribution in [0, 0.1) is 0 Å². The molecule has 1 aromatic carbocycles.